The Bertz CT molecular complexity index is 558. The molecule has 20 heavy (non-hydrogen) atoms. The van der Waals surface area contributed by atoms with Crippen molar-refractivity contribution in [2.24, 2.45) is 0 Å². The number of anilines is 1. The fourth-order valence-corrected chi connectivity index (χ4v) is 2.07. The lowest BCUT2D eigenvalue weighted by Crippen LogP contribution is -2.41. The number of nitro benzene ring substituents is 1. The van der Waals surface area contributed by atoms with E-state index in [0.29, 0.717) is 0 Å². The van der Waals surface area contributed by atoms with Crippen LogP contribution >= 0.6 is 11.6 Å². The van der Waals surface area contributed by atoms with Crippen LogP contribution in [0.3, 0.4) is 0 Å². The molecule has 0 spiro atoms. The predicted octanol–water partition coefficient (Wildman–Crippen LogP) is 3.57. The Hall–Kier alpha value is -1.82. The summed E-state index contributed by atoms with van der Waals surface area (Å²) in [7, 11) is 1.73. The molecule has 0 atom stereocenters. The smallest absolute Gasteiger partial charge is 0.338 e. The number of halogens is 1. The zero-order chi connectivity index (χ0) is 15.7. The summed E-state index contributed by atoms with van der Waals surface area (Å²) in [5.74, 6) is -1.25. The van der Waals surface area contributed by atoms with Crippen LogP contribution in [0.5, 0.6) is 0 Å². The maximum Gasteiger partial charge on any atom is 0.338 e. The predicted molar refractivity (Wildman–Crippen MR) is 77.8 cm³/mol. The van der Waals surface area contributed by atoms with Gasteiger partial charge in [0, 0.05) is 24.7 Å². The first-order valence-electron chi connectivity index (χ1n) is 6.07. The largest absolute Gasteiger partial charge is 0.478 e. The number of non-ortho nitro benzene ring substituents is 1. The van der Waals surface area contributed by atoms with Crippen molar-refractivity contribution in [3.05, 3.63) is 32.8 Å². The lowest BCUT2D eigenvalue weighted by molar-refractivity contribution is -0.384. The summed E-state index contributed by atoms with van der Waals surface area (Å²) in [5, 5.41) is 20.1. The molecule has 0 saturated carbocycles. The summed E-state index contributed by atoms with van der Waals surface area (Å²) in [4.78, 5) is 23.2. The molecule has 0 amide bonds. The number of aromatic carboxylic acids is 1. The van der Waals surface area contributed by atoms with Gasteiger partial charge in [0.25, 0.3) is 5.69 Å². The highest BCUT2D eigenvalue weighted by Crippen LogP contribution is 2.37. The molecular formula is C13H17ClN2O4. The van der Waals surface area contributed by atoms with E-state index in [-0.39, 0.29) is 27.5 Å². The van der Waals surface area contributed by atoms with Gasteiger partial charge >= 0.3 is 5.97 Å². The highest BCUT2D eigenvalue weighted by molar-refractivity contribution is 6.34. The van der Waals surface area contributed by atoms with Crippen molar-refractivity contribution in [3.8, 4) is 0 Å². The molecule has 110 valence electrons. The SMILES string of the molecule is CCC(C)(C)N(C)c1c(Cl)cc([N+](=O)[O-])cc1C(=O)O. The zero-order valence-corrected chi connectivity index (χ0v) is 12.6. The maximum absolute atomic E-state index is 11.4. The van der Waals surface area contributed by atoms with Crippen molar-refractivity contribution >= 4 is 28.9 Å². The van der Waals surface area contributed by atoms with Gasteiger partial charge in [-0.15, -0.1) is 0 Å². The topological polar surface area (TPSA) is 83.7 Å². The Morgan fingerprint density at radius 1 is 1.50 bits per heavy atom. The van der Waals surface area contributed by atoms with Gasteiger partial charge in [0.05, 0.1) is 21.2 Å². The number of nitrogens with zero attached hydrogens (tertiary/aromatic N) is 2. The number of carboxylic acid groups (broad SMARTS) is 1. The Morgan fingerprint density at radius 2 is 2.05 bits per heavy atom. The highest BCUT2D eigenvalue weighted by atomic mass is 35.5. The third-order valence-electron chi connectivity index (χ3n) is 3.60. The summed E-state index contributed by atoms with van der Waals surface area (Å²) in [6.07, 6.45) is 0.760. The molecule has 0 aliphatic heterocycles. The van der Waals surface area contributed by atoms with Gasteiger partial charge in [-0.05, 0) is 20.3 Å². The molecule has 0 aliphatic rings. The fourth-order valence-electron chi connectivity index (χ4n) is 1.73. The second-order valence-corrected chi connectivity index (χ2v) is 5.52. The molecule has 1 rings (SSSR count). The minimum absolute atomic E-state index is 0.0561. The number of rotatable bonds is 5. The minimum Gasteiger partial charge on any atom is -0.478 e. The molecule has 6 nitrogen and oxygen atoms in total. The molecule has 7 heteroatoms. The summed E-state index contributed by atoms with van der Waals surface area (Å²) in [6, 6.07) is 2.21. The fraction of sp³-hybridized carbons (Fsp3) is 0.462. The average molecular weight is 301 g/mol. The van der Waals surface area contributed by atoms with E-state index in [0.717, 1.165) is 12.5 Å². The van der Waals surface area contributed by atoms with Crippen molar-refractivity contribution in [3.63, 3.8) is 0 Å². The van der Waals surface area contributed by atoms with E-state index >= 15 is 0 Å². The van der Waals surface area contributed by atoms with Crippen molar-refractivity contribution in [1.82, 2.24) is 0 Å². The van der Waals surface area contributed by atoms with Crippen LogP contribution in [0.25, 0.3) is 0 Å². The normalized spacial score (nSPS) is 11.2. The van der Waals surface area contributed by atoms with Crippen LogP contribution in [0.4, 0.5) is 11.4 Å². The number of carboxylic acids is 1. The molecule has 0 heterocycles. The van der Waals surface area contributed by atoms with Crippen LogP contribution < -0.4 is 4.90 Å². The Labute approximate surface area is 122 Å². The van der Waals surface area contributed by atoms with Crippen LogP contribution in [0.1, 0.15) is 37.6 Å². The molecular weight excluding hydrogens is 284 g/mol. The number of carbonyl (C=O) groups is 1. The second-order valence-electron chi connectivity index (χ2n) is 5.11. The number of hydrogen-bond acceptors (Lipinski definition) is 4. The maximum atomic E-state index is 11.4. The standard InChI is InChI=1S/C13H17ClN2O4/c1-5-13(2,3)15(4)11-9(12(17)18)6-8(16(19)20)7-10(11)14/h6-7H,5H2,1-4H3,(H,17,18). The van der Waals surface area contributed by atoms with Gasteiger partial charge < -0.3 is 10.0 Å². The van der Waals surface area contributed by atoms with Crippen LogP contribution in [0, 0.1) is 10.1 Å². The number of benzene rings is 1. The van der Waals surface area contributed by atoms with Gasteiger partial charge in [0.2, 0.25) is 0 Å². The van der Waals surface area contributed by atoms with Crippen LogP contribution in [0.2, 0.25) is 5.02 Å². The molecule has 0 bridgehead atoms. The van der Waals surface area contributed by atoms with Crippen molar-refractivity contribution in [2.75, 3.05) is 11.9 Å². The van der Waals surface area contributed by atoms with Gasteiger partial charge in [-0.1, -0.05) is 18.5 Å². The minimum atomic E-state index is -1.25. The van der Waals surface area contributed by atoms with E-state index in [1.54, 1.807) is 11.9 Å². The first kappa shape index (κ1) is 16.2. The van der Waals surface area contributed by atoms with Crippen molar-refractivity contribution in [2.45, 2.75) is 32.7 Å². The molecule has 0 fully saturated rings. The lowest BCUT2D eigenvalue weighted by Gasteiger charge is -2.37. The molecule has 0 aliphatic carbocycles. The monoisotopic (exact) mass is 300 g/mol. The van der Waals surface area contributed by atoms with E-state index in [9.17, 15) is 20.0 Å². The second kappa shape index (κ2) is 5.66. The van der Waals surface area contributed by atoms with E-state index in [4.69, 9.17) is 11.6 Å². The van der Waals surface area contributed by atoms with Crippen LogP contribution in [-0.4, -0.2) is 28.6 Å². The van der Waals surface area contributed by atoms with Gasteiger partial charge in [-0.2, -0.15) is 0 Å². The van der Waals surface area contributed by atoms with Gasteiger partial charge in [0.15, 0.2) is 0 Å². The summed E-state index contributed by atoms with van der Waals surface area (Å²) in [6.45, 7) is 5.85. The van der Waals surface area contributed by atoms with Crippen LogP contribution in [0.15, 0.2) is 12.1 Å². The molecule has 0 saturated heterocycles. The van der Waals surface area contributed by atoms with Gasteiger partial charge in [-0.25, -0.2) is 4.79 Å². The van der Waals surface area contributed by atoms with E-state index in [2.05, 4.69) is 0 Å². The van der Waals surface area contributed by atoms with E-state index < -0.39 is 10.9 Å². The third-order valence-corrected chi connectivity index (χ3v) is 3.89. The third kappa shape index (κ3) is 3.01. The Morgan fingerprint density at radius 3 is 2.45 bits per heavy atom. The molecule has 0 unspecified atom stereocenters. The van der Waals surface area contributed by atoms with Crippen molar-refractivity contribution in [1.29, 1.82) is 0 Å². The molecule has 0 aromatic heterocycles. The average Bonchev–Trinajstić information content (AvgIpc) is 2.36. The Balaban J connectivity index is 3.54. The molecule has 1 aromatic rings. The molecule has 1 aromatic carbocycles. The van der Waals surface area contributed by atoms with Gasteiger partial charge in [0.1, 0.15) is 0 Å². The Kier molecular flexibility index (Phi) is 4.60. The first-order chi connectivity index (χ1) is 9.11. The zero-order valence-electron chi connectivity index (χ0n) is 11.8. The van der Waals surface area contributed by atoms with Crippen molar-refractivity contribution < 1.29 is 14.8 Å². The molecule has 1 N–H and O–H groups in total. The number of hydrogen-bond donors (Lipinski definition) is 1. The quantitative estimate of drug-likeness (QED) is 0.664. The number of nitro groups is 1. The van der Waals surface area contributed by atoms with Crippen LogP contribution in [-0.2, 0) is 0 Å². The van der Waals surface area contributed by atoms with Gasteiger partial charge in [-0.3, -0.25) is 10.1 Å². The highest BCUT2D eigenvalue weighted by Gasteiger charge is 2.29. The molecule has 0 radical (unpaired) electrons. The summed E-state index contributed by atoms with van der Waals surface area (Å²) in [5.41, 5.74) is -0.548. The summed E-state index contributed by atoms with van der Waals surface area (Å²) >= 11 is 6.07. The van der Waals surface area contributed by atoms with E-state index in [1.807, 2.05) is 20.8 Å². The van der Waals surface area contributed by atoms with E-state index in [1.165, 1.54) is 6.07 Å². The summed E-state index contributed by atoms with van der Waals surface area (Å²) < 4.78 is 0. The first-order valence-corrected chi connectivity index (χ1v) is 6.44. The lowest BCUT2D eigenvalue weighted by atomic mass is 9.97.